The summed E-state index contributed by atoms with van der Waals surface area (Å²) in [5.41, 5.74) is 11.0. The molecule has 0 saturated carbocycles. The molecule has 1 saturated heterocycles. The van der Waals surface area contributed by atoms with E-state index in [0.29, 0.717) is 12.5 Å². The monoisotopic (exact) mass is 473 g/mol. The van der Waals surface area contributed by atoms with Gasteiger partial charge in [0, 0.05) is 37.9 Å². The van der Waals surface area contributed by atoms with Crippen molar-refractivity contribution >= 4 is 22.9 Å². The van der Waals surface area contributed by atoms with E-state index in [4.69, 9.17) is 20.8 Å². The van der Waals surface area contributed by atoms with Crippen LogP contribution in [-0.4, -0.2) is 48.4 Å². The van der Waals surface area contributed by atoms with Crippen LogP contribution in [0.2, 0.25) is 0 Å². The van der Waals surface area contributed by atoms with E-state index in [-0.39, 0.29) is 12.1 Å². The fourth-order valence-corrected chi connectivity index (χ4v) is 4.49. The van der Waals surface area contributed by atoms with Crippen LogP contribution in [0.5, 0.6) is 0 Å². The molecule has 1 aliphatic rings. The zero-order chi connectivity index (χ0) is 24.5. The van der Waals surface area contributed by atoms with Crippen LogP contribution in [-0.2, 0) is 6.54 Å². The Morgan fingerprint density at radius 2 is 1.83 bits per heavy atom. The number of hydrogen-bond acceptors (Lipinski definition) is 7. The Hall–Kier alpha value is -3.46. The van der Waals surface area contributed by atoms with Gasteiger partial charge in [-0.05, 0) is 50.3 Å². The summed E-state index contributed by atoms with van der Waals surface area (Å²) in [6, 6.07) is 10.9. The van der Waals surface area contributed by atoms with Crippen molar-refractivity contribution in [2.45, 2.75) is 65.1 Å². The van der Waals surface area contributed by atoms with Gasteiger partial charge in [-0.1, -0.05) is 32.0 Å². The molecule has 0 atom stereocenters. The minimum Gasteiger partial charge on any atom is -0.364 e. The third kappa shape index (κ3) is 4.73. The zero-order valence-corrected chi connectivity index (χ0v) is 21.0. The Kier molecular flexibility index (Phi) is 6.42. The summed E-state index contributed by atoms with van der Waals surface area (Å²) in [5.74, 6) is 1.86. The number of rotatable bonds is 7. The summed E-state index contributed by atoms with van der Waals surface area (Å²) >= 11 is 0. The van der Waals surface area contributed by atoms with Gasteiger partial charge in [-0.25, -0.2) is 9.67 Å². The van der Waals surface area contributed by atoms with Gasteiger partial charge in [0.15, 0.2) is 17.0 Å². The molecule has 3 N–H and O–H groups in total. The highest BCUT2D eigenvalue weighted by Crippen LogP contribution is 2.27. The van der Waals surface area contributed by atoms with E-state index in [9.17, 15) is 0 Å². The second kappa shape index (κ2) is 9.65. The lowest BCUT2D eigenvalue weighted by atomic mass is 10.1. The molecule has 9 heteroatoms. The number of fused-ring (bicyclic) bond motifs is 1. The molecular formula is C26H35N9. The zero-order valence-electron chi connectivity index (χ0n) is 21.0. The van der Waals surface area contributed by atoms with Gasteiger partial charge in [0.25, 0.3) is 0 Å². The molecule has 184 valence electrons. The molecule has 0 aliphatic carbocycles. The highest BCUT2D eigenvalue weighted by Gasteiger charge is 2.22. The van der Waals surface area contributed by atoms with Crippen molar-refractivity contribution in [2.75, 3.05) is 23.3 Å². The van der Waals surface area contributed by atoms with Crippen molar-refractivity contribution in [3.63, 3.8) is 0 Å². The van der Waals surface area contributed by atoms with Crippen molar-refractivity contribution < 1.29 is 0 Å². The van der Waals surface area contributed by atoms with Gasteiger partial charge in [0.2, 0.25) is 5.95 Å². The lowest BCUT2D eigenvalue weighted by molar-refractivity contribution is 0.495. The fraction of sp³-hybridized carbons (Fsp3) is 0.462. The third-order valence-electron chi connectivity index (χ3n) is 6.67. The van der Waals surface area contributed by atoms with Crippen LogP contribution in [0.3, 0.4) is 0 Å². The quantitative estimate of drug-likeness (QED) is 0.413. The molecule has 0 spiro atoms. The topological polar surface area (TPSA) is 103 Å². The second-order valence-corrected chi connectivity index (χ2v) is 9.94. The molecule has 3 aromatic heterocycles. The van der Waals surface area contributed by atoms with Crippen LogP contribution in [0.1, 0.15) is 63.8 Å². The summed E-state index contributed by atoms with van der Waals surface area (Å²) in [4.78, 5) is 16.8. The molecule has 1 aliphatic heterocycles. The van der Waals surface area contributed by atoms with Crippen molar-refractivity contribution in [3.8, 4) is 5.69 Å². The molecule has 0 radical (unpaired) electrons. The summed E-state index contributed by atoms with van der Waals surface area (Å²) in [6.45, 7) is 10.9. The predicted molar refractivity (Wildman–Crippen MR) is 140 cm³/mol. The van der Waals surface area contributed by atoms with Crippen LogP contribution in [0.25, 0.3) is 16.9 Å². The van der Waals surface area contributed by atoms with Crippen LogP contribution >= 0.6 is 0 Å². The van der Waals surface area contributed by atoms with E-state index in [2.05, 4.69) is 71.7 Å². The van der Waals surface area contributed by atoms with Crippen molar-refractivity contribution in [3.05, 3.63) is 54.1 Å². The summed E-state index contributed by atoms with van der Waals surface area (Å²) in [6.07, 6.45) is 5.78. The van der Waals surface area contributed by atoms with Gasteiger partial charge < -0.3 is 20.5 Å². The van der Waals surface area contributed by atoms with E-state index in [1.54, 1.807) is 0 Å². The van der Waals surface area contributed by atoms with E-state index >= 15 is 0 Å². The lowest BCUT2D eigenvalue weighted by Gasteiger charge is -2.30. The highest BCUT2D eigenvalue weighted by atomic mass is 15.3. The molecular weight excluding hydrogens is 438 g/mol. The van der Waals surface area contributed by atoms with Crippen molar-refractivity contribution in [1.29, 1.82) is 0 Å². The number of imidazole rings is 1. The number of hydrogen-bond donors (Lipinski definition) is 2. The normalized spacial score (nSPS) is 15.0. The predicted octanol–water partition coefficient (Wildman–Crippen LogP) is 4.26. The van der Waals surface area contributed by atoms with Crippen LogP contribution < -0.4 is 16.0 Å². The van der Waals surface area contributed by atoms with Crippen LogP contribution in [0.4, 0.5) is 11.8 Å². The lowest BCUT2D eigenvalue weighted by Crippen LogP contribution is -2.40. The molecule has 4 aromatic rings. The summed E-state index contributed by atoms with van der Waals surface area (Å²) in [5, 5.41) is 8.35. The maximum atomic E-state index is 6.13. The first-order chi connectivity index (χ1) is 16.9. The second-order valence-electron chi connectivity index (χ2n) is 9.94. The molecule has 35 heavy (non-hydrogen) atoms. The number of nitrogens with zero attached hydrogens (tertiary/aromatic N) is 7. The number of nitrogens with one attached hydrogen (secondary N) is 1. The molecule has 4 heterocycles. The first-order valence-electron chi connectivity index (χ1n) is 12.5. The SMILES string of the molecule is CC(C)c1ccn(-c2ccccc2CNc2nc(N3CCC(N)CC3)nc3c2ncn3C(C)C)n1. The van der Waals surface area contributed by atoms with Crippen LogP contribution in [0.15, 0.2) is 42.9 Å². The smallest absolute Gasteiger partial charge is 0.229 e. The standard InChI is InChI=1S/C26H35N9/c1-17(2)21-11-14-35(32-21)22-8-6-5-7-19(22)15-28-24-23-25(34(16-29-23)18(3)4)31-26(30-24)33-12-9-20(27)10-13-33/h5-8,11,14,16-18,20H,9-10,12-13,15,27H2,1-4H3,(H,28,30,31). The fourth-order valence-electron chi connectivity index (χ4n) is 4.49. The van der Waals surface area contributed by atoms with E-state index in [1.165, 1.54) is 0 Å². The molecule has 1 fully saturated rings. The third-order valence-corrected chi connectivity index (χ3v) is 6.67. The van der Waals surface area contributed by atoms with E-state index in [0.717, 1.165) is 65.8 Å². The maximum Gasteiger partial charge on any atom is 0.229 e. The molecule has 5 rings (SSSR count). The Labute approximate surface area is 206 Å². The number of para-hydroxylation sites is 1. The number of nitrogens with two attached hydrogens (primary N) is 1. The van der Waals surface area contributed by atoms with Crippen LogP contribution in [0, 0.1) is 0 Å². The highest BCUT2D eigenvalue weighted by molar-refractivity contribution is 5.84. The van der Waals surface area contributed by atoms with E-state index < -0.39 is 0 Å². The number of anilines is 2. The first-order valence-corrected chi connectivity index (χ1v) is 12.5. The molecule has 1 aromatic carbocycles. The van der Waals surface area contributed by atoms with Crippen molar-refractivity contribution in [1.82, 2.24) is 29.3 Å². The minimum atomic E-state index is 0.251. The van der Waals surface area contributed by atoms with Gasteiger partial charge in [-0.3, -0.25) is 0 Å². The minimum absolute atomic E-state index is 0.251. The maximum absolute atomic E-state index is 6.13. The molecule has 0 bridgehead atoms. The largest absolute Gasteiger partial charge is 0.364 e. The van der Waals surface area contributed by atoms with Gasteiger partial charge in [-0.15, -0.1) is 0 Å². The summed E-state index contributed by atoms with van der Waals surface area (Å²) in [7, 11) is 0. The molecule has 0 amide bonds. The first kappa shape index (κ1) is 23.3. The number of benzene rings is 1. The van der Waals surface area contributed by atoms with Gasteiger partial charge in [0.1, 0.15) is 0 Å². The molecule has 9 nitrogen and oxygen atoms in total. The Bertz CT molecular complexity index is 1300. The molecule has 0 unspecified atom stereocenters. The Balaban J connectivity index is 1.47. The Morgan fingerprint density at radius 1 is 1.06 bits per heavy atom. The average Bonchev–Trinajstić information content (AvgIpc) is 3.51. The number of aromatic nitrogens is 6. The van der Waals surface area contributed by atoms with Crippen molar-refractivity contribution in [2.24, 2.45) is 5.73 Å². The Morgan fingerprint density at radius 3 is 2.54 bits per heavy atom. The van der Waals surface area contributed by atoms with Gasteiger partial charge in [-0.2, -0.15) is 15.1 Å². The van der Waals surface area contributed by atoms with E-state index in [1.807, 2.05) is 23.3 Å². The van der Waals surface area contributed by atoms with Gasteiger partial charge in [0.05, 0.1) is 17.7 Å². The average molecular weight is 474 g/mol. The number of piperidine rings is 1. The van der Waals surface area contributed by atoms with Gasteiger partial charge >= 0.3 is 0 Å². The summed E-state index contributed by atoms with van der Waals surface area (Å²) < 4.78 is 4.06.